The summed E-state index contributed by atoms with van der Waals surface area (Å²) in [5.41, 5.74) is 0.929. The molecule has 2 rings (SSSR count). The number of aryl methyl sites for hydroxylation is 1. The molecular weight excluding hydrogens is 277 g/mol. The number of hydrogen-bond acceptors (Lipinski definition) is 1. The van der Waals surface area contributed by atoms with E-state index in [-0.39, 0.29) is 17.3 Å². The van der Waals surface area contributed by atoms with Crippen LogP contribution in [0.1, 0.15) is 22.4 Å². The molecule has 2 nitrogen and oxygen atoms in total. The molecule has 1 aromatic heterocycles. The topological polar surface area (TPSA) is 17.8 Å². The Labute approximate surface area is 113 Å². The van der Waals surface area contributed by atoms with E-state index in [0.29, 0.717) is 0 Å². The first-order valence-corrected chi connectivity index (χ1v) is 6.02. The summed E-state index contributed by atoms with van der Waals surface area (Å²) in [5.74, 6) is 0. The fourth-order valence-corrected chi connectivity index (χ4v) is 2.08. The monoisotopic (exact) mass is 288 g/mol. The second-order valence-corrected chi connectivity index (χ2v) is 4.77. The van der Waals surface area contributed by atoms with Gasteiger partial charge in [-0.15, -0.1) is 0 Å². The van der Waals surface area contributed by atoms with E-state index >= 15 is 0 Å². The van der Waals surface area contributed by atoms with Crippen LogP contribution < -0.4 is 0 Å². The maximum Gasteiger partial charge on any atom is 0.435 e. The maximum atomic E-state index is 12.7. The van der Waals surface area contributed by atoms with Crippen molar-refractivity contribution in [2.45, 2.75) is 26.6 Å². The number of aromatic nitrogens is 2. The lowest BCUT2D eigenvalue weighted by atomic mass is 10.1. The molecule has 1 aromatic carbocycles. The molecule has 19 heavy (non-hydrogen) atoms. The van der Waals surface area contributed by atoms with Crippen molar-refractivity contribution < 1.29 is 13.2 Å². The van der Waals surface area contributed by atoms with Crippen molar-refractivity contribution in [3.63, 3.8) is 0 Å². The van der Waals surface area contributed by atoms with Crippen molar-refractivity contribution in [1.29, 1.82) is 0 Å². The lowest BCUT2D eigenvalue weighted by molar-refractivity contribution is -0.141. The normalized spacial score (nSPS) is 11.9. The Morgan fingerprint density at radius 1 is 1.26 bits per heavy atom. The maximum absolute atomic E-state index is 12.7. The van der Waals surface area contributed by atoms with Crippen LogP contribution in [0.2, 0.25) is 5.15 Å². The highest BCUT2D eigenvalue weighted by Gasteiger charge is 2.37. The third-order valence-corrected chi connectivity index (χ3v) is 3.27. The Kier molecular flexibility index (Phi) is 3.58. The Morgan fingerprint density at radius 3 is 2.47 bits per heavy atom. The summed E-state index contributed by atoms with van der Waals surface area (Å²) in [6.45, 7) is 3.46. The van der Waals surface area contributed by atoms with Crippen LogP contribution in [0.5, 0.6) is 0 Å². The summed E-state index contributed by atoms with van der Waals surface area (Å²) in [4.78, 5) is 0. The summed E-state index contributed by atoms with van der Waals surface area (Å²) < 4.78 is 39.3. The fourth-order valence-electron chi connectivity index (χ4n) is 1.89. The minimum atomic E-state index is -4.48. The molecule has 0 aliphatic heterocycles. The summed E-state index contributed by atoms with van der Waals surface area (Å²) in [6.07, 6.45) is -4.48. The van der Waals surface area contributed by atoms with Crippen LogP contribution in [0.4, 0.5) is 13.2 Å². The minimum Gasteiger partial charge on any atom is -0.249 e. The summed E-state index contributed by atoms with van der Waals surface area (Å²) in [6, 6.07) is 7.48. The number of halogens is 4. The smallest absolute Gasteiger partial charge is 0.249 e. The third kappa shape index (κ3) is 2.92. The molecule has 0 saturated heterocycles. The van der Waals surface area contributed by atoms with Gasteiger partial charge in [0.05, 0.1) is 6.54 Å². The predicted octanol–water partition coefficient (Wildman–Crippen LogP) is 4.22. The zero-order valence-electron chi connectivity index (χ0n) is 10.4. The van der Waals surface area contributed by atoms with E-state index in [1.54, 1.807) is 0 Å². The van der Waals surface area contributed by atoms with E-state index in [1.807, 2.05) is 31.2 Å². The van der Waals surface area contributed by atoms with E-state index in [0.717, 1.165) is 11.1 Å². The molecule has 1 heterocycles. The highest BCUT2D eigenvalue weighted by atomic mass is 35.5. The first-order chi connectivity index (χ1) is 8.79. The molecular formula is C13H12ClF3N2. The molecule has 0 saturated carbocycles. The van der Waals surface area contributed by atoms with Gasteiger partial charge in [0.25, 0.3) is 0 Å². The molecule has 0 atom stereocenters. The highest BCUT2D eigenvalue weighted by molar-refractivity contribution is 6.30. The fraction of sp³-hybridized carbons (Fsp3) is 0.308. The lowest BCUT2D eigenvalue weighted by Gasteiger charge is -2.05. The average molecular weight is 289 g/mol. The molecule has 0 spiro atoms. The standard InChI is InChI=1S/C13H12ClF3N2/c1-8-4-3-5-10(6-8)7-19-12(14)9(2)11(18-19)13(15,16)17/h3-6H,7H2,1-2H3. The molecule has 0 unspecified atom stereocenters. The quantitative estimate of drug-likeness (QED) is 0.809. The summed E-state index contributed by atoms with van der Waals surface area (Å²) in [7, 11) is 0. The molecule has 0 N–H and O–H groups in total. The van der Waals surface area contributed by atoms with Crippen molar-refractivity contribution in [1.82, 2.24) is 9.78 Å². The van der Waals surface area contributed by atoms with Crippen LogP contribution in [0.25, 0.3) is 0 Å². The van der Waals surface area contributed by atoms with Gasteiger partial charge in [-0.1, -0.05) is 41.4 Å². The predicted molar refractivity (Wildman–Crippen MR) is 67.3 cm³/mol. The molecule has 0 aliphatic carbocycles. The molecule has 0 aliphatic rings. The van der Waals surface area contributed by atoms with Gasteiger partial charge < -0.3 is 0 Å². The largest absolute Gasteiger partial charge is 0.435 e. The van der Waals surface area contributed by atoms with E-state index in [2.05, 4.69) is 5.10 Å². The summed E-state index contributed by atoms with van der Waals surface area (Å²) >= 11 is 5.91. The zero-order chi connectivity index (χ0) is 14.2. The van der Waals surface area contributed by atoms with Gasteiger partial charge in [-0.25, -0.2) is 4.68 Å². The van der Waals surface area contributed by atoms with Crippen molar-refractivity contribution in [3.8, 4) is 0 Å². The first kappa shape index (κ1) is 13.9. The van der Waals surface area contributed by atoms with E-state index < -0.39 is 11.9 Å². The Morgan fingerprint density at radius 2 is 1.95 bits per heavy atom. The van der Waals surface area contributed by atoms with Gasteiger partial charge in [-0.05, 0) is 19.4 Å². The molecule has 0 bridgehead atoms. The van der Waals surface area contributed by atoms with Gasteiger partial charge in [0.2, 0.25) is 0 Å². The average Bonchev–Trinajstić information content (AvgIpc) is 2.57. The SMILES string of the molecule is Cc1cccc(Cn2nc(C(F)(F)F)c(C)c2Cl)c1. The number of benzene rings is 1. The Balaban J connectivity index is 2.37. The van der Waals surface area contributed by atoms with Gasteiger partial charge in [0, 0.05) is 5.56 Å². The Hall–Kier alpha value is -1.49. The van der Waals surface area contributed by atoms with Crippen LogP contribution in [0.15, 0.2) is 24.3 Å². The van der Waals surface area contributed by atoms with Crippen LogP contribution in [0, 0.1) is 13.8 Å². The van der Waals surface area contributed by atoms with Crippen molar-refractivity contribution in [2.75, 3.05) is 0 Å². The van der Waals surface area contributed by atoms with Crippen LogP contribution in [0.3, 0.4) is 0 Å². The zero-order valence-corrected chi connectivity index (χ0v) is 11.2. The number of nitrogens with zero attached hydrogens (tertiary/aromatic N) is 2. The lowest BCUT2D eigenvalue weighted by Crippen LogP contribution is -2.09. The Bertz CT molecular complexity index is 602. The first-order valence-electron chi connectivity index (χ1n) is 5.64. The van der Waals surface area contributed by atoms with Gasteiger partial charge >= 0.3 is 6.18 Å². The van der Waals surface area contributed by atoms with Gasteiger partial charge in [0.1, 0.15) is 5.15 Å². The van der Waals surface area contributed by atoms with E-state index in [4.69, 9.17) is 11.6 Å². The van der Waals surface area contributed by atoms with E-state index in [9.17, 15) is 13.2 Å². The molecule has 0 radical (unpaired) electrons. The number of alkyl halides is 3. The van der Waals surface area contributed by atoms with Crippen LogP contribution in [-0.4, -0.2) is 9.78 Å². The number of rotatable bonds is 2. The van der Waals surface area contributed by atoms with Crippen molar-refractivity contribution in [2.24, 2.45) is 0 Å². The van der Waals surface area contributed by atoms with E-state index in [1.165, 1.54) is 11.6 Å². The summed E-state index contributed by atoms with van der Waals surface area (Å²) in [5, 5.41) is 3.59. The van der Waals surface area contributed by atoms with Crippen LogP contribution in [-0.2, 0) is 12.7 Å². The van der Waals surface area contributed by atoms with Gasteiger partial charge in [-0.3, -0.25) is 0 Å². The third-order valence-electron chi connectivity index (χ3n) is 2.80. The highest BCUT2D eigenvalue weighted by Crippen LogP contribution is 2.34. The van der Waals surface area contributed by atoms with Gasteiger partial charge in [0.15, 0.2) is 5.69 Å². The van der Waals surface area contributed by atoms with Crippen molar-refractivity contribution in [3.05, 3.63) is 51.8 Å². The minimum absolute atomic E-state index is 0.0221. The molecule has 0 amide bonds. The molecule has 0 fully saturated rings. The second-order valence-electron chi connectivity index (χ2n) is 4.41. The molecule has 102 valence electrons. The van der Waals surface area contributed by atoms with Crippen molar-refractivity contribution >= 4 is 11.6 Å². The number of hydrogen-bond donors (Lipinski definition) is 0. The molecule has 2 aromatic rings. The molecule has 6 heteroatoms. The second kappa shape index (κ2) is 4.89. The van der Waals surface area contributed by atoms with Gasteiger partial charge in [-0.2, -0.15) is 18.3 Å². The van der Waals surface area contributed by atoms with Crippen LogP contribution >= 0.6 is 11.6 Å².